The van der Waals surface area contributed by atoms with Crippen molar-refractivity contribution in [3.05, 3.63) is 65.7 Å². The summed E-state index contributed by atoms with van der Waals surface area (Å²) >= 11 is 0. The first-order valence-electron chi connectivity index (χ1n) is 8.79. The smallest absolute Gasteiger partial charge is 0.255 e. The molecule has 2 aromatic rings. The maximum Gasteiger partial charge on any atom is 0.255 e. The number of carbonyl (C=O) groups is 2. The van der Waals surface area contributed by atoms with Gasteiger partial charge in [0, 0.05) is 24.2 Å². The fourth-order valence-corrected chi connectivity index (χ4v) is 3.03. The Morgan fingerprint density at radius 1 is 1.08 bits per heavy atom. The third-order valence-corrected chi connectivity index (χ3v) is 5.05. The highest BCUT2D eigenvalue weighted by Gasteiger charge is 2.30. The highest BCUT2D eigenvalue weighted by Crippen LogP contribution is 2.31. The molecule has 1 saturated carbocycles. The lowest BCUT2D eigenvalue weighted by Gasteiger charge is -2.33. The summed E-state index contributed by atoms with van der Waals surface area (Å²) in [6.45, 7) is 2.02. The second-order valence-electron chi connectivity index (χ2n) is 6.70. The molecule has 1 N–H and O–H groups in total. The molecule has 0 aromatic heterocycles. The predicted molar refractivity (Wildman–Crippen MR) is 99.4 cm³/mol. The first-order chi connectivity index (χ1) is 12.1. The van der Waals surface area contributed by atoms with Gasteiger partial charge in [0.1, 0.15) is 0 Å². The molecular weight excluding hydrogens is 312 g/mol. The zero-order chi connectivity index (χ0) is 17.8. The lowest BCUT2D eigenvalue weighted by molar-refractivity contribution is -0.138. The van der Waals surface area contributed by atoms with E-state index in [0.717, 1.165) is 30.5 Å². The standard InChI is InChI=1S/C21H24N2O2/c1-15(23(2)21(25)17-10-6-11-17)18-12-7-13-19(14-18)22-20(24)16-8-4-3-5-9-16/h3-5,7-9,12-15,17H,6,10-11H2,1-2H3,(H,22,24)/t15-/m1/s1. The van der Waals surface area contributed by atoms with E-state index in [-0.39, 0.29) is 23.8 Å². The Bertz CT molecular complexity index is 754. The average molecular weight is 336 g/mol. The Hall–Kier alpha value is -2.62. The maximum atomic E-state index is 12.4. The normalized spacial score (nSPS) is 15.1. The summed E-state index contributed by atoms with van der Waals surface area (Å²) in [5, 5.41) is 2.92. The van der Waals surface area contributed by atoms with Gasteiger partial charge >= 0.3 is 0 Å². The number of rotatable bonds is 5. The minimum absolute atomic E-state index is 0.0262. The molecule has 4 heteroatoms. The minimum atomic E-state index is -0.135. The highest BCUT2D eigenvalue weighted by atomic mass is 16.2. The summed E-state index contributed by atoms with van der Waals surface area (Å²) in [5.41, 5.74) is 2.38. The zero-order valence-electron chi connectivity index (χ0n) is 14.7. The van der Waals surface area contributed by atoms with Crippen LogP contribution >= 0.6 is 0 Å². The number of nitrogens with one attached hydrogen (secondary N) is 1. The van der Waals surface area contributed by atoms with E-state index in [2.05, 4.69) is 5.32 Å². The van der Waals surface area contributed by atoms with Crippen molar-refractivity contribution in [1.82, 2.24) is 4.90 Å². The van der Waals surface area contributed by atoms with Crippen LogP contribution in [-0.4, -0.2) is 23.8 Å². The van der Waals surface area contributed by atoms with Crippen molar-refractivity contribution in [2.75, 3.05) is 12.4 Å². The third-order valence-electron chi connectivity index (χ3n) is 5.05. The monoisotopic (exact) mass is 336 g/mol. The first kappa shape index (κ1) is 17.2. The van der Waals surface area contributed by atoms with Gasteiger partial charge in [0.25, 0.3) is 5.91 Å². The van der Waals surface area contributed by atoms with Crippen molar-refractivity contribution < 1.29 is 9.59 Å². The Morgan fingerprint density at radius 3 is 2.44 bits per heavy atom. The van der Waals surface area contributed by atoms with E-state index in [1.807, 2.05) is 61.3 Å². The van der Waals surface area contributed by atoms with Gasteiger partial charge in [0.2, 0.25) is 5.91 Å². The van der Waals surface area contributed by atoms with Gasteiger partial charge in [-0.1, -0.05) is 36.8 Å². The molecule has 2 amide bonds. The topological polar surface area (TPSA) is 49.4 Å². The Kier molecular flexibility index (Phi) is 5.17. The Labute approximate surface area is 148 Å². The van der Waals surface area contributed by atoms with Crippen LogP contribution in [0.5, 0.6) is 0 Å². The Morgan fingerprint density at radius 2 is 1.80 bits per heavy atom. The summed E-state index contributed by atoms with van der Waals surface area (Å²) < 4.78 is 0. The molecule has 25 heavy (non-hydrogen) atoms. The highest BCUT2D eigenvalue weighted by molar-refractivity contribution is 6.04. The van der Waals surface area contributed by atoms with Crippen LogP contribution in [0.1, 0.15) is 48.1 Å². The van der Waals surface area contributed by atoms with E-state index in [0.29, 0.717) is 5.56 Å². The quantitative estimate of drug-likeness (QED) is 0.887. The van der Waals surface area contributed by atoms with Gasteiger partial charge in [-0.15, -0.1) is 0 Å². The molecule has 1 aliphatic carbocycles. The third kappa shape index (κ3) is 3.90. The molecule has 0 bridgehead atoms. The van der Waals surface area contributed by atoms with Crippen molar-refractivity contribution in [3.63, 3.8) is 0 Å². The molecule has 0 saturated heterocycles. The number of hydrogen-bond donors (Lipinski definition) is 1. The summed E-state index contributed by atoms with van der Waals surface area (Å²) in [6.07, 6.45) is 3.16. The SMILES string of the molecule is C[C@H](c1cccc(NC(=O)c2ccccc2)c1)N(C)C(=O)C1CCC1. The van der Waals surface area contributed by atoms with Crippen molar-refractivity contribution >= 4 is 17.5 Å². The van der Waals surface area contributed by atoms with E-state index in [1.54, 1.807) is 12.1 Å². The second-order valence-corrected chi connectivity index (χ2v) is 6.70. The summed E-state index contributed by atoms with van der Waals surface area (Å²) in [6, 6.07) is 16.8. The largest absolute Gasteiger partial charge is 0.339 e. The molecule has 4 nitrogen and oxygen atoms in total. The van der Waals surface area contributed by atoms with Crippen LogP contribution in [0.25, 0.3) is 0 Å². The van der Waals surface area contributed by atoms with Crippen LogP contribution in [0.2, 0.25) is 0 Å². The fourth-order valence-electron chi connectivity index (χ4n) is 3.03. The summed E-state index contributed by atoms with van der Waals surface area (Å²) in [5.74, 6) is 0.273. The van der Waals surface area contributed by atoms with Gasteiger partial charge in [-0.25, -0.2) is 0 Å². The molecule has 1 aliphatic rings. The van der Waals surface area contributed by atoms with Gasteiger partial charge < -0.3 is 10.2 Å². The van der Waals surface area contributed by atoms with E-state index >= 15 is 0 Å². The molecule has 0 unspecified atom stereocenters. The number of nitrogens with zero attached hydrogens (tertiary/aromatic N) is 1. The number of carbonyl (C=O) groups excluding carboxylic acids is 2. The van der Waals surface area contributed by atoms with Crippen molar-refractivity contribution in [2.45, 2.75) is 32.2 Å². The molecule has 0 aliphatic heterocycles. The lowest BCUT2D eigenvalue weighted by Crippen LogP contribution is -2.37. The average Bonchev–Trinajstić information content (AvgIpc) is 2.60. The molecule has 3 rings (SSSR count). The molecule has 0 radical (unpaired) electrons. The maximum absolute atomic E-state index is 12.4. The van der Waals surface area contributed by atoms with E-state index in [9.17, 15) is 9.59 Å². The van der Waals surface area contributed by atoms with Crippen molar-refractivity contribution in [1.29, 1.82) is 0 Å². The number of amides is 2. The van der Waals surface area contributed by atoms with Gasteiger partial charge in [-0.3, -0.25) is 9.59 Å². The first-order valence-corrected chi connectivity index (χ1v) is 8.79. The molecule has 1 fully saturated rings. The number of anilines is 1. The summed E-state index contributed by atoms with van der Waals surface area (Å²) in [4.78, 5) is 26.6. The molecule has 0 spiro atoms. The van der Waals surface area contributed by atoms with E-state index in [1.165, 1.54) is 0 Å². The molecule has 2 aromatic carbocycles. The fraction of sp³-hybridized carbons (Fsp3) is 0.333. The lowest BCUT2D eigenvalue weighted by atomic mass is 9.84. The van der Waals surface area contributed by atoms with Crippen molar-refractivity contribution in [3.8, 4) is 0 Å². The van der Waals surface area contributed by atoms with Crippen LogP contribution in [0.3, 0.4) is 0 Å². The molecular formula is C21H24N2O2. The molecule has 1 atom stereocenters. The van der Waals surface area contributed by atoms with Crippen LogP contribution in [0.4, 0.5) is 5.69 Å². The van der Waals surface area contributed by atoms with Crippen LogP contribution < -0.4 is 5.32 Å². The van der Waals surface area contributed by atoms with E-state index < -0.39 is 0 Å². The van der Waals surface area contributed by atoms with E-state index in [4.69, 9.17) is 0 Å². The second kappa shape index (κ2) is 7.51. The van der Waals surface area contributed by atoms with Gasteiger partial charge in [-0.2, -0.15) is 0 Å². The Balaban J connectivity index is 1.70. The molecule has 130 valence electrons. The van der Waals surface area contributed by atoms with Crippen LogP contribution in [0, 0.1) is 5.92 Å². The minimum Gasteiger partial charge on any atom is -0.339 e. The van der Waals surface area contributed by atoms with Gasteiger partial charge in [0.15, 0.2) is 0 Å². The van der Waals surface area contributed by atoms with Crippen LogP contribution in [0.15, 0.2) is 54.6 Å². The zero-order valence-corrected chi connectivity index (χ0v) is 14.7. The summed E-state index contributed by atoms with van der Waals surface area (Å²) in [7, 11) is 1.86. The van der Waals surface area contributed by atoms with Gasteiger partial charge in [0.05, 0.1) is 6.04 Å². The number of benzene rings is 2. The molecule has 0 heterocycles. The van der Waals surface area contributed by atoms with Crippen LogP contribution in [-0.2, 0) is 4.79 Å². The predicted octanol–water partition coefficient (Wildman–Crippen LogP) is 4.26. The van der Waals surface area contributed by atoms with Gasteiger partial charge in [-0.05, 0) is 49.6 Å². The van der Waals surface area contributed by atoms with Crippen molar-refractivity contribution in [2.24, 2.45) is 5.92 Å². The number of hydrogen-bond acceptors (Lipinski definition) is 2.